The molecule has 0 unspecified atom stereocenters. The van der Waals surface area contributed by atoms with Crippen molar-refractivity contribution in [2.24, 2.45) is 11.7 Å². The molecule has 19 heavy (non-hydrogen) atoms. The maximum absolute atomic E-state index is 10.0. The van der Waals surface area contributed by atoms with Crippen LogP contribution in [0, 0.1) is 12.8 Å². The Morgan fingerprint density at radius 3 is 1.84 bits per heavy atom. The monoisotopic (exact) mass is 393 g/mol. The lowest BCUT2D eigenvalue weighted by Gasteiger charge is -2.07. The number of nitrogens with two attached hydrogens (primary N) is 1. The summed E-state index contributed by atoms with van der Waals surface area (Å²) in [5.74, 6) is -0.910. The van der Waals surface area contributed by atoms with Gasteiger partial charge in [0.2, 0.25) is 0 Å². The molecule has 0 spiro atoms. The molecule has 5 heteroatoms. The Hall–Kier alpha value is -0.390. The molecular weight excluding hydrogens is 374 g/mol. The van der Waals surface area contributed by atoms with Crippen LogP contribution in [0.2, 0.25) is 0 Å². The lowest BCUT2D eigenvalue weighted by atomic mass is 10.1. The SMILES string of the molecule is CC(C)[C@H](N)C(=O)O.Cc1cc(CBr)cc(CBr)c1. The van der Waals surface area contributed by atoms with E-state index in [0.29, 0.717) is 0 Å². The van der Waals surface area contributed by atoms with Gasteiger partial charge in [-0.1, -0.05) is 69.5 Å². The summed E-state index contributed by atoms with van der Waals surface area (Å²) in [7, 11) is 0. The van der Waals surface area contributed by atoms with Gasteiger partial charge in [0.1, 0.15) is 6.04 Å². The molecule has 1 aromatic rings. The molecule has 1 aromatic carbocycles. The van der Waals surface area contributed by atoms with Crippen molar-refractivity contribution in [3.05, 3.63) is 34.9 Å². The van der Waals surface area contributed by atoms with Gasteiger partial charge < -0.3 is 10.8 Å². The molecule has 0 aliphatic rings. The van der Waals surface area contributed by atoms with E-state index in [1.165, 1.54) is 16.7 Å². The average molecular weight is 395 g/mol. The van der Waals surface area contributed by atoms with Crippen molar-refractivity contribution < 1.29 is 9.90 Å². The van der Waals surface area contributed by atoms with Gasteiger partial charge >= 0.3 is 5.97 Å². The van der Waals surface area contributed by atoms with E-state index in [4.69, 9.17) is 10.8 Å². The lowest BCUT2D eigenvalue weighted by molar-refractivity contribution is -0.139. The highest BCUT2D eigenvalue weighted by Gasteiger charge is 2.14. The van der Waals surface area contributed by atoms with Crippen LogP contribution >= 0.6 is 31.9 Å². The molecule has 0 bridgehead atoms. The Morgan fingerprint density at radius 2 is 1.63 bits per heavy atom. The maximum Gasteiger partial charge on any atom is 0.320 e. The minimum absolute atomic E-state index is 0.0208. The van der Waals surface area contributed by atoms with E-state index in [2.05, 4.69) is 57.0 Å². The summed E-state index contributed by atoms with van der Waals surface area (Å²) in [6, 6.07) is 5.88. The number of hydrogen-bond acceptors (Lipinski definition) is 2. The first-order valence-electron chi connectivity index (χ1n) is 6.01. The minimum atomic E-state index is -0.931. The standard InChI is InChI=1S/C9H10Br2.C5H11NO2/c1-7-2-8(5-10)4-9(3-7)6-11;1-3(2)4(6)5(7)8/h2-4H,5-6H2,1H3;3-4H,6H2,1-2H3,(H,7,8)/t;4-/m.0/s1. The predicted molar refractivity (Wildman–Crippen MR) is 86.9 cm³/mol. The van der Waals surface area contributed by atoms with Crippen molar-refractivity contribution in [1.29, 1.82) is 0 Å². The van der Waals surface area contributed by atoms with Crippen LogP contribution in [-0.2, 0) is 15.5 Å². The molecule has 0 heterocycles. The van der Waals surface area contributed by atoms with E-state index < -0.39 is 12.0 Å². The zero-order valence-electron chi connectivity index (χ0n) is 11.5. The van der Waals surface area contributed by atoms with Crippen LogP contribution in [0.1, 0.15) is 30.5 Å². The number of benzene rings is 1. The summed E-state index contributed by atoms with van der Waals surface area (Å²) in [5.41, 5.74) is 9.18. The molecule has 0 aliphatic carbocycles. The number of hydrogen-bond donors (Lipinski definition) is 2. The van der Waals surface area contributed by atoms with E-state index >= 15 is 0 Å². The van der Waals surface area contributed by atoms with Crippen LogP contribution in [0.3, 0.4) is 0 Å². The molecule has 0 aromatic heterocycles. The van der Waals surface area contributed by atoms with Gasteiger partial charge in [0.05, 0.1) is 0 Å². The van der Waals surface area contributed by atoms with Gasteiger partial charge in [-0.15, -0.1) is 0 Å². The summed E-state index contributed by atoms with van der Waals surface area (Å²) >= 11 is 6.88. The second kappa shape index (κ2) is 9.50. The third kappa shape index (κ3) is 7.70. The summed E-state index contributed by atoms with van der Waals surface area (Å²) < 4.78 is 0. The highest BCUT2D eigenvalue weighted by atomic mass is 79.9. The van der Waals surface area contributed by atoms with Crippen LogP contribution < -0.4 is 5.73 Å². The third-order valence-electron chi connectivity index (χ3n) is 2.51. The number of carbonyl (C=O) groups is 1. The van der Waals surface area contributed by atoms with Gasteiger partial charge in [0.25, 0.3) is 0 Å². The fraction of sp³-hybridized carbons (Fsp3) is 0.500. The quantitative estimate of drug-likeness (QED) is 0.762. The molecule has 108 valence electrons. The highest BCUT2D eigenvalue weighted by Crippen LogP contribution is 2.14. The van der Waals surface area contributed by atoms with Crippen molar-refractivity contribution in [3.63, 3.8) is 0 Å². The molecular formula is C14H21Br2NO2. The fourth-order valence-electron chi connectivity index (χ4n) is 1.39. The van der Waals surface area contributed by atoms with Crippen LogP contribution in [-0.4, -0.2) is 17.1 Å². The molecule has 3 nitrogen and oxygen atoms in total. The number of alkyl halides is 2. The normalized spacial score (nSPS) is 11.7. The predicted octanol–water partition coefficient (Wildman–Crippen LogP) is 3.84. The molecule has 0 radical (unpaired) electrons. The second-order valence-corrected chi connectivity index (χ2v) is 5.82. The molecule has 0 amide bonds. The van der Waals surface area contributed by atoms with E-state index in [1.54, 1.807) is 13.8 Å². The average Bonchev–Trinajstić information content (AvgIpc) is 2.37. The van der Waals surface area contributed by atoms with E-state index in [1.807, 2.05) is 0 Å². The van der Waals surface area contributed by atoms with Crippen LogP contribution in [0.25, 0.3) is 0 Å². The number of aliphatic carboxylic acids is 1. The van der Waals surface area contributed by atoms with E-state index in [0.717, 1.165) is 10.7 Å². The van der Waals surface area contributed by atoms with Crippen molar-refractivity contribution in [2.45, 2.75) is 37.5 Å². The first-order chi connectivity index (χ1) is 8.81. The van der Waals surface area contributed by atoms with E-state index in [9.17, 15) is 4.79 Å². The number of aryl methyl sites for hydroxylation is 1. The molecule has 0 aliphatic heterocycles. The van der Waals surface area contributed by atoms with Crippen molar-refractivity contribution in [1.82, 2.24) is 0 Å². The van der Waals surface area contributed by atoms with Gasteiger partial charge in [0.15, 0.2) is 0 Å². The van der Waals surface area contributed by atoms with E-state index in [-0.39, 0.29) is 5.92 Å². The molecule has 0 saturated carbocycles. The smallest absolute Gasteiger partial charge is 0.320 e. The van der Waals surface area contributed by atoms with Gasteiger partial charge in [-0.05, 0) is 24.0 Å². The van der Waals surface area contributed by atoms with Crippen LogP contribution in [0.4, 0.5) is 0 Å². The Kier molecular flexibility index (Phi) is 9.31. The van der Waals surface area contributed by atoms with Gasteiger partial charge in [0, 0.05) is 10.7 Å². The Morgan fingerprint density at radius 1 is 1.21 bits per heavy atom. The zero-order valence-corrected chi connectivity index (χ0v) is 14.7. The van der Waals surface area contributed by atoms with Crippen molar-refractivity contribution >= 4 is 37.8 Å². The Bertz CT molecular complexity index is 386. The first kappa shape index (κ1) is 18.6. The number of carboxylic acid groups (broad SMARTS) is 1. The maximum atomic E-state index is 10.0. The number of carboxylic acids is 1. The summed E-state index contributed by atoms with van der Waals surface area (Å²) in [6.45, 7) is 5.68. The lowest BCUT2D eigenvalue weighted by Crippen LogP contribution is -2.34. The topological polar surface area (TPSA) is 63.3 Å². The number of halogens is 2. The molecule has 1 rings (SSSR count). The summed E-state index contributed by atoms with van der Waals surface area (Å²) in [5, 5.41) is 10.1. The van der Waals surface area contributed by atoms with Crippen molar-refractivity contribution in [2.75, 3.05) is 0 Å². The summed E-state index contributed by atoms with van der Waals surface area (Å²) in [6.07, 6.45) is 0. The van der Waals surface area contributed by atoms with Crippen molar-refractivity contribution in [3.8, 4) is 0 Å². The molecule has 0 saturated heterocycles. The molecule has 3 N–H and O–H groups in total. The second-order valence-electron chi connectivity index (χ2n) is 4.70. The summed E-state index contributed by atoms with van der Waals surface area (Å²) in [4.78, 5) is 10.0. The van der Waals surface area contributed by atoms with Gasteiger partial charge in [-0.3, -0.25) is 4.79 Å². The molecule has 1 atom stereocenters. The Balaban J connectivity index is 0.000000362. The zero-order chi connectivity index (χ0) is 15.0. The van der Waals surface area contributed by atoms with Gasteiger partial charge in [-0.25, -0.2) is 0 Å². The highest BCUT2D eigenvalue weighted by molar-refractivity contribution is 9.08. The Labute approximate surface area is 131 Å². The third-order valence-corrected chi connectivity index (χ3v) is 3.80. The minimum Gasteiger partial charge on any atom is -0.480 e. The fourth-order valence-corrected chi connectivity index (χ4v) is 2.03. The largest absolute Gasteiger partial charge is 0.480 e. The van der Waals surface area contributed by atoms with Crippen LogP contribution in [0.15, 0.2) is 18.2 Å². The first-order valence-corrected chi connectivity index (χ1v) is 8.25. The van der Waals surface area contributed by atoms with Gasteiger partial charge in [-0.2, -0.15) is 0 Å². The van der Waals surface area contributed by atoms with Crippen LogP contribution in [0.5, 0.6) is 0 Å². The number of rotatable bonds is 4. The molecule has 0 fully saturated rings.